The lowest BCUT2D eigenvalue weighted by Gasteiger charge is -2.04. The molecule has 0 saturated carbocycles. The number of aryl methyl sites for hydroxylation is 1. The van der Waals surface area contributed by atoms with Crippen molar-refractivity contribution in [3.8, 4) is 5.75 Å². The summed E-state index contributed by atoms with van der Waals surface area (Å²) in [5.74, 6) is -0.287. The van der Waals surface area contributed by atoms with Crippen LogP contribution in [0, 0.1) is 6.92 Å². The van der Waals surface area contributed by atoms with Gasteiger partial charge in [0.15, 0.2) is 5.78 Å². The molecule has 0 aliphatic heterocycles. The Morgan fingerprint density at radius 1 is 1.12 bits per heavy atom. The summed E-state index contributed by atoms with van der Waals surface area (Å²) in [6, 6.07) is 11.6. The van der Waals surface area contributed by atoms with E-state index in [9.17, 15) is 9.90 Å². The fraction of sp³-hybridized carbons (Fsp3) is 0.0714. The lowest BCUT2D eigenvalue weighted by atomic mass is 10.0. The molecule has 0 atom stereocenters. The average molecular weight is 247 g/mol. The molecule has 0 bridgehead atoms. The van der Waals surface area contributed by atoms with E-state index in [1.165, 1.54) is 12.1 Å². The van der Waals surface area contributed by atoms with Gasteiger partial charge in [0.25, 0.3) is 0 Å². The molecule has 0 aliphatic rings. The molecular weight excluding hydrogens is 236 g/mol. The van der Waals surface area contributed by atoms with Crippen LogP contribution in [0.15, 0.2) is 42.5 Å². The molecule has 17 heavy (non-hydrogen) atoms. The minimum absolute atomic E-state index is 0.0556. The minimum Gasteiger partial charge on any atom is -0.507 e. The number of phenolic OH excluding ortho intramolecular Hbond substituents is 1. The molecule has 0 unspecified atom stereocenters. The Hall–Kier alpha value is -1.80. The molecule has 0 saturated heterocycles. The van der Waals surface area contributed by atoms with Gasteiger partial charge < -0.3 is 5.11 Å². The molecule has 2 nitrogen and oxygen atoms in total. The molecule has 1 N–H and O–H groups in total. The van der Waals surface area contributed by atoms with Crippen LogP contribution in [0.1, 0.15) is 21.5 Å². The summed E-state index contributed by atoms with van der Waals surface area (Å²) in [6.07, 6.45) is 0. The highest BCUT2D eigenvalue weighted by atomic mass is 35.5. The summed E-state index contributed by atoms with van der Waals surface area (Å²) in [5.41, 5.74) is 1.84. The number of benzene rings is 2. The van der Waals surface area contributed by atoms with Gasteiger partial charge in [-0.1, -0.05) is 41.4 Å². The Balaban J connectivity index is 2.43. The highest BCUT2D eigenvalue weighted by molar-refractivity contribution is 6.31. The van der Waals surface area contributed by atoms with Crippen molar-refractivity contribution in [2.24, 2.45) is 0 Å². The SMILES string of the molecule is Cc1ccc(C(=O)c2cc(Cl)ccc2O)cc1. The van der Waals surface area contributed by atoms with Gasteiger partial charge in [-0.05, 0) is 25.1 Å². The van der Waals surface area contributed by atoms with Crippen LogP contribution < -0.4 is 0 Å². The number of halogens is 1. The van der Waals surface area contributed by atoms with E-state index in [-0.39, 0.29) is 17.1 Å². The van der Waals surface area contributed by atoms with E-state index in [4.69, 9.17) is 11.6 Å². The van der Waals surface area contributed by atoms with E-state index < -0.39 is 0 Å². The van der Waals surface area contributed by atoms with Crippen molar-refractivity contribution in [3.63, 3.8) is 0 Å². The second kappa shape index (κ2) is 4.60. The third-order valence-electron chi connectivity index (χ3n) is 2.52. The van der Waals surface area contributed by atoms with Crippen LogP contribution in [0.3, 0.4) is 0 Å². The number of ketones is 1. The number of carbonyl (C=O) groups is 1. The molecule has 86 valence electrons. The fourth-order valence-electron chi connectivity index (χ4n) is 1.55. The first kappa shape index (κ1) is 11.7. The predicted molar refractivity (Wildman–Crippen MR) is 67.7 cm³/mol. The second-order valence-corrected chi connectivity index (χ2v) is 4.29. The summed E-state index contributed by atoms with van der Waals surface area (Å²) in [5, 5.41) is 10.1. The normalized spacial score (nSPS) is 10.2. The van der Waals surface area contributed by atoms with Crippen molar-refractivity contribution in [3.05, 3.63) is 64.2 Å². The van der Waals surface area contributed by atoms with Gasteiger partial charge in [-0.2, -0.15) is 0 Å². The largest absolute Gasteiger partial charge is 0.507 e. The summed E-state index contributed by atoms with van der Waals surface area (Å²) in [4.78, 5) is 12.1. The van der Waals surface area contributed by atoms with Crippen LogP contribution >= 0.6 is 11.6 Å². The molecule has 0 heterocycles. The van der Waals surface area contributed by atoms with Gasteiger partial charge in [-0.25, -0.2) is 0 Å². The predicted octanol–water partition coefficient (Wildman–Crippen LogP) is 3.59. The standard InChI is InChI=1S/C14H11ClO2/c1-9-2-4-10(5-3-9)14(17)12-8-11(15)6-7-13(12)16/h2-8,16H,1H3. The fourth-order valence-corrected chi connectivity index (χ4v) is 1.72. The maximum atomic E-state index is 12.1. The lowest BCUT2D eigenvalue weighted by molar-refractivity contribution is 0.103. The van der Waals surface area contributed by atoms with Crippen molar-refractivity contribution in [2.75, 3.05) is 0 Å². The molecule has 3 heteroatoms. The molecule has 0 amide bonds. The molecule has 0 aliphatic carbocycles. The maximum Gasteiger partial charge on any atom is 0.196 e. The van der Waals surface area contributed by atoms with E-state index in [0.29, 0.717) is 10.6 Å². The zero-order chi connectivity index (χ0) is 12.4. The van der Waals surface area contributed by atoms with E-state index >= 15 is 0 Å². The summed E-state index contributed by atoms with van der Waals surface area (Å²) in [6.45, 7) is 1.95. The van der Waals surface area contributed by atoms with Crippen molar-refractivity contribution in [1.82, 2.24) is 0 Å². The lowest BCUT2D eigenvalue weighted by Crippen LogP contribution is -2.01. The topological polar surface area (TPSA) is 37.3 Å². The third kappa shape index (κ3) is 2.48. The van der Waals surface area contributed by atoms with Crippen molar-refractivity contribution in [2.45, 2.75) is 6.92 Å². The van der Waals surface area contributed by atoms with Crippen LogP contribution in [-0.4, -0.2) is 10.9 Å². The van der Waals surface area contributed by atoms with Crippen LogP contribution in [0.5, 0.6) is 5.75 Å². The smallest absolute Gasteiger partial charge is 0.196 e. The number of carbonyl (C=O) groups excluding carboxylic acids is 1. The zero-order valence-electron chi connectivity index (χ0n) is 9.27. The molecule has 0 spiro atoms. The Labute approximate surface area is 104 Å². The first-order valence-electron chi connectivity index (χ1n) is 5.18. The van der Waals surface area contributed by atoms with Gasteiger partial charge >= 0.3 is 0 Å². The van der Waals surface area contributed by atoms with E-state index in [1.54, 1.807) is 18.2 Å². The molecule has 2 aromatic rings. The monoisotopic (exact) mass is 246 g/mol. The molecule has 0 radical (unpaired) electrons. The van der Waals surface area contributed by atoms with E-state index in [2.05, 4.69) is 0 Å². The average Bonchev–Trinajstić information content (AvgIpc) is 2.32. The summed E-state index contributed by atoms with van der Waals surface area (Å²) in [7, 11) is 0. The van der Waals surface area contributed by atoms with Gasteiger partial charge in [0.05, 0.1) is 5.56 Å². The van der Waals surface area contributed by atoms with E-state index in [1.807, 2.05) is 19.1 Å². The maximum absolute atomic E-state index is 12.1. The number of hydrogen-bond donors (Lipinski definition) is 1. The van der Waals surface area contributed by atoms with E-state index in [0.717, 1.165) is 5.56 Å². The van der Waals surface area contributed by atoms with Gasteiger partial charge in [0.2, 0.25) is 0 Å². The van der Waals surface area contributed by atoms with Crippen molar-refractivity contribution in [1.29, 1.82) is 0 Å². The Bertz CT molecular complexity index is 559. The highest BCUT2D eigenvalue weighted by Gasteiger charge is 2.13. The number of phenols is 1. The number of hydrogen-bond acceptors (Lipinski definition) is 2. The highest BCUT2D eigenvalue weighted by Crippen LogP contribution is 2.24. The first-order valence-corrected chi connectivity index (χ1v) is 5.55. The third-order valence-corrected chi connectivity index (χ3v) is 2.75. The molecule has 2 aromatic carbocycles. The van der Waals surface area contributed by atoms with Gasteiger partial charge in [-0.3, -0.25) is 4.79 Å². The number of aromatic hydroxyl groups is 1. The second-order valence-electron chi connectivity index (χ2n) is 3.86. The summed E-state index contributed by atoms with van der Waals surface area (Å²) >= 11 is 5.81. The molecule has 0 aromatic heterocycles. The quantitative estimate of drug-likeness (QED) is 0.823. The van der Waals surface area contributed by atoms with Crippen LogP contribution in [-0.2, 0) is 0 Å². The van der Waals surface area contributed by atoms with Crippen molar-refractivity contribution >= 4 is 17.4 Å². The number of rotatable bonds is 2. The van der Waals surface area contributed by atoms with Gasteiger partial charge in [0, 0.05) is 10.6 Å². The molecular formula is C14H11ClO2. The Morgan fingerprint density at radius 3 is 2.41 bits per heavy atom. The van der Waals surface area contributed by atoms with Gasteiger partial charge in [0.1, 0.15) is 5.75 Å². The van der Waals surface area contributed by atoms with Crippen LogP contribution in [0.2, 0.25) is 5.02 Å². The Kier molecular flexibility index (Phi) is 3.16. The minimum atomic E-state index is -0.231. The molecule has 2 rings (SSSR count). The Morgan fingerprint density at radius 2 is 1.76 bits per heavy atom. The first-order chi connectivity index (χ1) is 8.08. The summed E-state index contributed by atoms with van der Waals surface area (Å²) < 4.78 is 0. The zero-order valence-corrected chi connectivity index (χ0v) is 10.0. The van der Waals surface area contributed by atoms with Gasteiger partial charge in [-0.15, -0.1) is 0 Å². The van der Waals surface area contributed by atoms with Crippen molar-refractivity contribution < 1.29 is 9.90 Å². The van der Waals surface area contributed by atoms with Crippen LogP contribution in [0.25, 0.3) is 0 Å². The molecule has 0 fully saturated rings. The van der Waals surface area contributed by atoms with Crippen LogP contribution in [0.4, 0.5) is 0 Å².